The quantitative estimate of drug-likeness (QED) is 0.898. The predicted octanol–water partition coefficient (Wildman–Crippen LogP) is 3.47. The Hall–Kier alpha value is -1.40. The number of carboxylic acid groups (broad SMARTS) is 1. The molecule has 0 aromatic carbocycles. The third-order valence-corrected chi connectivity index (χ3v) is 4.72. The van der Waals surface area contributed by atoms with Crippen LogP contribution in [0, 0.1) is 0 Å². The first-order chi connectivity index (χ1) is 9.87. The van der Waals surface area contributed by atoms with E-state index in [4.69, 9.17) is 9.84 Å². The SMILES string of the molecule is CC1(C)CC(c2ccn3c(Br)c(C(=O)O)nc3c2)CCO1. The van der Waals surface area contributed by atoms with Crippen LogP contribution >= 0.6 is 15.9 Å². The predicted molar refractivity (Wildman–Crippen MR) is 81.9 cm³/mol. The van der Waals surface area contributed by atoms with Gasteiger partial charge in [-0.2, -0.15) is 0 Å². The van der Waals surface area contributed by atoms with Gasteiger partial charge in [-0.1, -0.05) is 0 Å². The molecule has 1 aliphatic rings. The number of pyridine rings is 1. The van der Waals surface area contributed by atoms with E-state index in [1.54, 1.807) is 4.40 Å². The summed E-state index contributed by atoms with van der Waals surface area (Å²) >= 11 is 3.29. The Kier molecular flexibility index (Phi) is 3.53. The molecule has 3 heterocycles. The van der Waals surface area contributed by atoms with Crippen molar-refractivity contribution in [3.8, 4) is 0 Å². The second-order valence-electron chi connectivity index (χ2n) is 6.04. The number of hydrogen-bond acceptors (Lipinski definition) is 3. The van der Waals surface area contributed by atoms with Crippen molar-refractivity contribution >= 4 is 27.5 Å². The minimum absolute atomic E-state index is 0.0412. The number of carbonyl (C=O) groups is 1. The van der Waals surface area contributed by atoms with Crippen molar-refractivity contribution in [3.63, 3.8) is 0 Å². The summed E-state index contributed by atoms with van der Waals surface area (Å²) in [6.07, 6.45) is 3.81. The van der Waals surface area contributed by atoms with Gasteiger partial charge in [-0.05, 0) is 66.2 Å². The van der Waals surface area contributed by atoms with Gasteiger partial charge in [0.1, 0.15) is 10.3 Å². The van der Waals surface area contributed by atoms with Crippen molar-refractivity contribution in [2.75, 3.05) is 6.61 Å². The third kappa shape index (κ3) is 2.70. The molecule has 0 amide bonds. The Morgan fingerprint density at radius 3 is 3.00 bits per heavy atom. The highest BCUT2D eigenvalue weighted by Crippen LogP contribution is 2.36. The Morgan fingerprint density at radius 1 is 1.57 bits per heavy atom. The number of fused-ring (bicyclic) bond motifs is 1. The van der Waals surface area contributed by atoms with Gasteiger partial charge in [-0.3, -0.25) is 4.40 Å². The molecule has 1 N–H and O–H groups in total. The second-order valence-corrected chi connectivity index (χ2v) is 6.79. The molecule has 5 nitrogen and oxygen atoms in total. The highest BCUT2D eigenvalue weighted by Gasteiger charge is 2.30. The normalized spacial score (nSPS) is 21.6. The zero-order valence-electron chi connectivity index (χ0n) is 12.0. The Balaban J connectivity index is 1.99. The van der Waals surface area contributed by atoms with Crippen molar-refractivity contribution in [1.82, 2.24) is 9.38 Å². The highest BCUT2D eigenvalue weighted by molar-refractivity contribution is 9.10. The molecule has 2 aromatic heterocycles. The van der Waals surface area contributed by atoms with Gasteiger partial charge in [0, 0.05) is 12.8 Å². The fourth-order valence-electron chi connectivity index (χ4n) is 2.94. The fraction of sp³-hybridized carbons (Fsp3) is 0.467. The lowest BCUT2D eigenvalue weighted by atomic mass is 9.84. The number of ether oxygens (including phenoxy) is 1. The van der Waals surface area contributed by atoms with E-state index in [2.05, 4.69) is 34.8 Å². The van der Waals surface area contributed by atoms with E-state index >= 15 is 0 Å². The maximum Gasteiger partial charge on any atom is 0.357 e. The van der Waals surface area contributed by atoms with Gasteiger partial charge < -0.3 is 9.84 Å². The average Bonchev–Trinajstić information content (AvgIpc) is 2.75. The fourth-order valence-corrected chi connectivity index (χ4v) is 3.50. The van der Waals surface area contributed by atoms with Gasteiger partial charge in [0.2, 0.25) is 0 Å². The van der Waals surface area contributed by atoms with Gasteiger partial charge in [0.05, 0.1) is 5.60 Å². The molecule has 1 atom stereocenters. The molecule has 0 bridgehead atoms. The van der Waals surface area contributed by atoms with Crippen LogP contribution in [0.2, 0.25) is 0 Å². The molecule has 3 rings (SSSR count). The van der Waals surface area contributed by atoms with Gasteiger partial charge in [0.15, 0.2) is 5.69 Å². The van der Waals surface area contributed by atoms with E-state index in [0.717, 1.165) is 19.4 Å². The monoisotopic (exact) mass is 352 g/mol. The Bertz CT molecular complexity index is 708. The molecule has 1 fully saturated rings. The molecule has 1 unspecified atom stereocenters. The van der Waals surface area contributed by atoms with Crippen molar-refractivity contribution in [2.45, 2.75) is 38.2 Å². The van der Waals surface area contributed by atoms with Crippen LogP contribution in [0.25, 0.3) is 5.65 Å². The summed E-state index contributed by atoms with van der Waals surface area (Å²) in [4.78, 5) is 15.3. The number of nitrogens with zero attached hydrogens (tertiary/aromatic N) is 2. The summed E-state index contributed by atoms with van der Waals surface area (Å²) in [7, 11) is 0. The number of hydrogen-bond donors (Lipinski definition) is 1. The molecule has 0 aliphatic carbocycles. The number of halogens is 1. The second kappa shape index (κ2) is 5.10. The zero-order chi connectivity index (χ0) is 15.2. The summed E-state index contributed by atoms with van der Waals surface area (Å²) in [6.45, 7) is 4.96. The number of imidazole rings is 1. The van der Waals surface area contributed by atoms with Crippen LogP contribution in [0.3, 0.4) is 0 Å². The summed E-state index contributed by atoms with van der Waals surface area (Å²) in [6, 6.07) is 4.01. The number of carboxylic acids is 1. The van der Waals surface area contributed by atoms with Crippen molar-refractivity contribution < 1.29 is 14.6 Å². The number of rotatable bonds is 2. The molecule has 21 heavy (non-hydrogen) atoms. The largest absolute Gasteiger partial charge is 0.476 e. The lowest BCUT2D eigenvalue weighted by Crippen LogP contribution is -2.33. The molecular weight excluding hydrogens is 336 g/mol. The molecule has 6 heteroatoms. The average molecular weight is 353 g/mol. The minimum atomic E-state index is -1.03. The standard InChI is InChI=1S/C15H17BrN2O3/c1-15(2)8-10(4-6-21-15)9-3-5-18-11(7-9)17-12(13(18)16)14(19)20/h3,5,7,10H,4,6,8H2,1-2H3,(H,19,20). The van der Waals surface area contributed by atoms with E-state index in [1.165, 1.54) is 5.56 Å². The van der Waals surface area contributed by atoms with E-state index < -0.39 is 5.97 Å². The van der Waals surface area contributed by atoms with Gasteiger partial charge in [-0.15, -0.1) is 0 Å². The van der Waals surface area contributed by atoms with Crippen LogP contribution < -0.4 is 0 Å². The molecule has 1 saturated heterocycles. The maximum atomic E-state index is 11.1. The summed E-state index contributed by atoms with van der Waals surface area (Å²) in [5.41, 5.74) is 1.77. The summed E-state index contributed by atoms with van der Waals surface area (Å²) in [5.74, 6) is -0.609. The van der Waals surface area contributed by atoms with Crippen molar-refractivity contribution in [1.29, 1.82) is 0 Å². The molecule has 2 aromatic rings. The molecule has 0 saturated carbocycles. The smallest absolute Gasteiger partial charge is 0.357 e. The van der Waals surface area contributed by atoms with Crippen molar-refractivity contribution in [3.05, 3.63) is 34.2 Å². The topological polar surface area (TPSA) is 63.8 Å². The molecule has 112 valence electrons. The van der Waals surface area contributed by atoms with Gasteiger partial charge in [0.25, 0.3) is 0 Å². The summed E-state index contributed by atoms with van der Waals surface area (Å²) < 4.78 is 7.98. The lowest BCUT2D eigenvalue weighted by molar-refractivity contribution is -0.0593. The van der Waals surface area contributed by atoms with Crippen LogP contribution in [0.4, 0.5) is 0 Å². The first-order valence-electron chi connectivity index (χ1n) is 6.92. The maximum absolute atomic E-state index is 11.1. The lowest BCUT2D eigenvalue weighted by Gasteiger charge is -2.35. The van der Waals surface area contributed by atoms with Crippen LogP contribution in [0.15, 0.2) is 22.9 Å². The number of aromatic carboxylic acids is 1. The third-order valence-electron chi connectivity index (χ3n) is 3.96. The highest BCUT2D eigenvalue weighted by atomic mass is 79.9. The van der Waals surface area contributed by atoms with Gasteiger partial charge >= 0.3 is 5.97 Å². The van der Waals surface area contributed by atoms with E-state index in [1.807, 2.05) is 18.3 Å². The van der Waals surface area contributed by atoms with Crippen LogP contribution in [-0.4, -0.2) is 32.7 Å². The zero-order valence-corrected chi connectivity index (χ0v) is 13.6. The first kappa shape index (κ1) is 14.5. The Labute approximate surface area is 131 Å². The number of aromatic nitrogens is 2. The van der Waals surface area contributed by atoms with E-state index in [9.17, 15) is 4.79 Å². The van der Waals surface area contributed by atoms with Crippen LogP contribution in [0.1, 0.15) is 48.7 Å². The molecule has 1 aliphatic heterocycles. The van der Waals surface area contributed by atoms with Crippen molar-refractivity contribution in [2.24, 2.45) is 0 Å². The Morgan fingerprint density at radius 2 is 2.33 bits per heavy atom. The van der Waals surface area contributed by atoms with Gasteiger partial charge in [-0.25, -0.2) is 9.78 Å². The van der Waals surface area contributed by atoms with E-state index in [-0.39, 0.29) is 11.3 Å². The first-order valence-corrected chi connectivity index (χ1v) is 7.71. The summed E-state index contributed by atoms with van der Waals surface area (Å²) in [5, 5.41) is 9.13. The minimum Gasteiger partial charge on any atom is -0.476 e. The van der Waals surface area contributed by atoms with Crippen LogP contribution in [-0.2, 0) is 4.74 Å². The van der Waals surface area contributed by atoms with E-state index in [0.29, 0.717) is 16.2 Å². The van der Waals surface area contributed by atoms with Crippen LogP contribution in [0.5, 0.6) is 0 Å². The molecule has 0 spiro atoms. The molecular formula is C15H17BrN2O3. The molecule has 0 radical (unpaired) electrons.